The van der Waals surface area contributed by atoms with Gasteiger partial charge in [-0.05, 0) is 55.3 Å². The minimum Gasteiger partial charge on any atom is -0.462 e. The Morgan fingerprint density at radius 3 is 2.42 bits per heavy atom. The molecule has 1 amide bonds. The van der Waals surface area contributed by atoms with Crippen molar-refractivity contribution in [2.45, 2.75) is 19.8 Å². The fourth-order valence-electron chi connectivity index (χ4n) is 2.10. The molecule has 1 N–H and O–H groups in total. The number of rotatable bonds is 6. The summed E-state index contributed by atoms with van der Waals surface area (Å²) in [7, 11) is 0. The molecule has 0 radical (unpaired) electrons. The molecular formula is C18H17Cl2NO3. The van der Waals surface area contributed by atoms with E-state index in [0.717, 1.165) is 5.56 Å². The number of ether oxygens (including phenoxy) is 1. The van der Waals surface area contributed by atoms with Crippen molar-refractivity contribution in [3.05, 3.63) is 63.6 Å². The maximum atomic E-state index is 12.0. The number of benzene rings is 2. The number of aryl methyl sites for hydroxylation is 1. The van der Waals surface area contributed by atoms with Crippen molar-refractivity contribution in [3.8, 4) is 0 Å². The molecule has 2 aromatic carbocycles. The smallest absolute Gasteiger partial charge is 0.338 e. The molecule has 2 rings (SSSR count). The molecule has 0 saturated carbocycles. The maximum Gasteiger partial charge on any atom is 0.338 e. The Labute approximate surface area is 150 Å². The number of halogens is 2. The van der Waals surface area contributed by atoms with Crippen molar-refractivity contribution in [2.75, 3.05) is 11.9 Å². The van der Waals surface area contributed by atoms with Crippen LogP contribution in [0.5, 0.6) is 0 Å². The summed E-state index contributed by atoms with van der Waals surface area (Å²) in [5.41, 5.74) is 1.94. The van der Waals surface area contributed by atoms with Crippen LogP contribution in [-0.2, 0) is 16.0 Å². The first-order valence-corrected chi connectivity index (χ1v) is 8.26. The van der Waals surface area contributed by atoms with Gasteiger partial charge in [0.1, 0.15) is 0 Å². The fourth-order valence-corrected chi connectivity index (χ4v) is 2.60. The highest BCUT2D eigenvalue weighted by molar-refractivity contribution is 6.35. The molecule has 6 heteroatoms. The summed E-state index contributed by atoms with van der Waals surface area (Å²) in [6, 6.07) is 11.8. The number of carbonyl (C=O) groups excluding carboxylic acids is 2. The normalized spacial score (nSPS) is 10.3. The molecule has 24 heavy (non-hydrogen) atoms. The Balaban J connectivity index is 1.89. The quantitative estimate of drug-likeness (QED) is 0.752. The van der Waals surface area contributed by atoms with Crippen molar-refractivity contribution in [2.24, 2.45) is 0 Å². The van der Waals surface area contributed by atoms with Crippen LogP contribution < -0.4 is 5.32 Å². The van der Waals surface area contributed by atoms with Gasteiger partial charge in [-0.2, -0.15) is 0 Å². The molecule has 0 aliphatic heterocycles. The lowest BCUT2D eigenvalue weighted by Crippen LogP contribution is -2.12. The predicted molar refractivity (Wildman–Crippen MR) is 95.8 cm³/mol. The third-order valence-corrected chi connectivity index (χ3v) is 3.90. The van der Waals surface area contributed by atoms with Gasteiger partial charge in [0.05, 0.1) is 12.2 Å². The summed E-state index contributed by atoms with van der Waals surface area (Å²) in [5, 5.41) is 3.90. The van der Waals surface area contributed by atoms with Gasteiger partial charge in [0.15, 0.2) is 0 Å². The van der Waals surface area contributed by atoms with E-state index in [1.807, 2.05) is 6.07 Å². The first-order chi connectivity index (χ1) is 11.5. The predicted octanol–water partition coefficient (Wildman–Crippen LogP) is 4.74. The van der Waals surface area contributed by atoms with Gasteiger partial charge >= 0.3 is 5.97 Å². The van der Waals surface area contributed by atoms with Crippen LogP contribution in [0.25, 0.3) is 0 Å². The molecule has 0 heterocycles. The molecule has 0 unspecified atom stereocenters. The Hall–Kier alpha value is -2.04. The van der Waals surface area contributed by atoms with Gasteiger partial charge in [0.2, 0.25) is 5.91 Å². The molecule has 4 nitrogen and oxygen atoms in total. The highest BCUT2D eigenvalue weighted by Crippen LogP contribution is 2.22. The molecule has 0 aliphatic carbocycles. The summed E-state index contributed by atoms with van der Waals surface area (Å²) >= 11 is 11.9. The highest BCUT2D eigenvalue weighted by atomic mass is 35.5. The number of esters is 1. The molecule has 0 saturated heterocycles. The van der Waals surface area contributed by atoms with Crippen LogP contribution in [0.4, 0.5) is 5.69 Å². The topological polar surface area (TPSA) is 55.4 Å². The Morgan fingerprint density at radius 2 is 1.79 bits per heavy atom. The number of anilines is 1. The monoisotopic (exact) mass is 365 g/mol. The van der Waals surface area contributed by atoms with Gasteiger partial charge in [-0.15, -0.1) is 0 Å². The molecule has 0 fully saturated rings. The van der Waals surface area contributed by atoms with Gasteiger partial charge in [-0.1, -0.05) is 29.3 Å². The SMILES string of the molecule is CCOC(=O)c1ccc(NC(=O)CCc2ccc(Cl)cc2Cl)cc1. The van der Waals surface area contributed by atoms with Crippen molar-refractivity contribution < 1.29 is 14.3 Å². The second-order valence-electron chi connectivity index (χ2n) is 5.08. The second-order valence-corrected chi connectivity index (χ2v) is 5.93. The van der Waals surface area contributed by atoms with E-state index in [1.54, 1.807) is 43.3 Å². The molecule has 0 aliphatic rings. The Bertz CT molecular complexity index is 730. The number of carbonyl (C=O) groups is 2. The van der Waals surface area contributed by atoms with Crippen molar-refractivity contribution in [3.63, 3.8) is 0 Å². The van der Waals surface area contributed by atoms with Gasteiger partial charge < -0.3 is 10.1 Å². The van der Waals surface area contributed by atoms with Gasteiger partial charge in [-0.3, -0.25) is 4.79 Å². The van der Waals surface area contributed by atoms with E-state index in [1.165, 1.54) is 0 Å². The van der Waals surface area contributed by atoms with Crippen molar-refractivity contribution >= 4 is 40.8 Å². The third kappa shape index (κ3) is 5.25. The third-order valence-electron chi connectivity index (χ3n) is 3.32. The largest absolute Gasteiger partial charge is 0.462 e. The van der Waals surface area contributed by atoms with E-state index in [-0.39, 0.29) is 11.9 Å². The first kappa shape index (κ1) is 18.3. The lowest BCUT2D eigenvalue weighted by atomic mass is 10.1. The standard InChI is InChI=1S/C18H17Cl2NO3/c1-2-24-18(23)13-4-8-15(9-5-13)21-17(22)10-6-12-3-7-14(19)11-16(12)20/h3-5,7-9,11H,2,6,10H2,1H3,(H,21,22). The van der Waals surface area contributed by atoms with E-state index < -0.39 is 0 Å². The van der Waals surface area contributed by atoms with Gasteiger partial charge in [0, 0.05) is 22.2 Å². The number of hydrogen-bond acceptors (Lipinski definition) is 3. The zero-order chi connectivity index (χ0) is 17.5. The molecular weight excluding hydrogens is 349 g/mol. The zero-order valence-electron chi connectivity index (χ0n) is 13.1. The number of hydrogen-bond donors (Lipinski definition) is 1. The lowest BCUT2D eigenvalue weighted by molar-refractivity contribution is -0.116. The van der Waals surface area contributed by atoms with Crippen LogP contribution in [0.3, 0.4) is 0 Å². The van der Waals surface area contributed by atoms with Crippen molar-refractivity contribution in [1.29, 1.82) is 0 Å². The minimum absolute atomic E-state index is 0.134. The van der Waals surface area contributed by atoms with E-state index in [0.29, 0.717) is 40.7 Å². The van der Waals surface area contributed by atoms with E-state index in [2.05, 4.69) is 5.32 Å². The van der Waals surface area contributed by atoms with Crippen LogP contribution >= 0.6 is 23.2 Å². The molecule has 0 bridgehead atoms. The number of amides is 1. The van der Waals surface area contributed by atoms with Gasteiger partial charge in [-0.25, -0.2) is 4.79 Å². The van der Waals surface area contributed by atoms with Crippen LogP contribution in [0.15, 0.2) is 42.5 Å². The van der Waals surface area contributed by atoms with Crippen LogP contribution in [0.2, 0.25) is 10.0 Å². The lowest BCUT2D eigenvalue weighted by Gasteiger charge is -2.08. The molecule has 0 atom stereocenters. The van der Waals surface area contributed by atoms with Crippen molar-refractivity contribution in [1.82, 2.24) is 0 Å². The Morgan fingerprint density at radius 1 is 1.08 bits per heavy atom. The fraction of sp³-hybridized carbons (Fsp3) is 0.222. The first-order valence-electron chi connectivity index (χ1n) is 7.50. The van der Waals surface area contributed by atoms with Gasteiger partial charge in [0.25, 0.3) is 0 Å². The molecule has 126 valence electrons. The van der Waals surface area contributed by atoms with E-state index >= 15 is 0 Å². The zero-order valence-corrected chi connectivity index (χ0v) is 14.7. The summed E-state index contributed by atoms with van der Waals surface area (Å²) in [6.07, 6.45) is 0.809. The van der Waals surface area contributed by atoms with Crippen LogP contribution in [0, 0.1) is 0 Å². The van der Waals surface area contributed by atoms with Crippen LogP contribution in [0.1, 0.15) is 29.3 Å². The molecule has 2 aromatic rings. The summed E-state index contributed by atoms with van der Waals surface area (Å²) in [5.74, 6) is -0.516. The summed E-state index contributed by atoms with van der Waals surface area (Å²) in [4.78, 5) is 23.6. The Kier molecular flexibility index (Phi) is 6.64. The summed E-state index contributed by atoms with van der Waals surface area (Å²) < 4.78 is 4.91. The maximum absolute atomic E-state index is 12.0. The van der Waals surface area contributed by atoms with E-state index in [4.69, 9.17) is 27.9 Å². The average molecular weight is 366 g/mol. The number of nitrogens with one attached hydrogen (secondary N) is 1. The average Bonchev–Trinajstić information content (AvgIpc) is 2.55. The highest BCUT2D eigenvalue weighted by Gasteiger charge is 2.08. The summed E-state index contributed by atoms with van der Waals surface area (Å²) in [6.45, 7) is 2.07. The molecule has 0 aromatic heterocycles. The van der Waals surface area contributed by atoms with E-state index in [9.17, 15) is 9.59 Å². The van der Waals surface area contributed by atoms with Crippen LogP contribution in [-0.4, -0.2) is 18.5 Å². The minimum atomic E-state index is -0.382. The second kappa shape index (κ2) is 8.71. The molecule has 0 spiro atoms.